The summed E-state index contributed by atoms with van der Waals surface area (Å²) in [6.45, 7) is 2.87. The van der Waals surface area contributed by atoms with E-state index < -0.39 is 0 Å². The predicted octanol–water partition coefficient (Wildman–Crippen LogP) is 3.64. The lowest BCUT2D eigenvalue weighted by Gasteiger charge is -2.34. The normalized spacial score (nSPS) is 17.2. The summed E-state index contributed by atoms with van der Waals surface area (Å²) in [5.74, 6) is 1.67. The van der Waals surface area contributed by atoms with Crippen LogP contribution in [-0.4, -0.2) is 26.8 Å². The number of hydrogen-bond acceptors (Lipinski definition) is 2. The fraction of sp³-hybridized carbons (Fsp3) is 0.625. The summed E-state index contributed by atoms with van der Waals surface area (Å²) in [7, 11) is 1.76. The summed E-state index contributed by atoms with van der Waals surface area (Å²) < 4.78 is 6.27. The Morgan fingerprint density at radius 1 is 1.42 bits per heavy atom. The molecule has 2 rings (SSSR count). The van der Waals surface area contributed by atoms with Gasteiger partial charge in [-0.2, -0.15) is 0 Å². The maximum absolute atomic E-state index is 5.09. The topological polar surface area (TPSA) is 21.3 Å². The Bertz CT molecular complexity index is 379. The number of ether oxygens (including phenoxy) is 1. The summed E-state index contributed by atoms with van der Waals surface area (Å²) in [4.78, 5) is 0. The average Bonchev–Trinajstić information content (AvgIpc) is 2.32. The number of benzene rings is 1. The SMILES string of the molecule is COCCNCC(Cc1cccc(Br)c1)C1CCC1. The number of methoxy groups -OCH3 is 1. The Kier molecular flexibility index (Phi) is 6.35. The van der Waals surface area contributed by atoms with Crippen LogP contribution in [0.1, 0.15) is 24.8 Å². The van der Waals surface area contributed by atoms with Gasteiger partial charge in [0.1, 0.15) is 0 Å². The van der Waals surface area contributed by atoms with Crippen LogP contribution in [0.5, 0.6) is 0 Å². The highest BCUT2D eigenvalue weighted by Gasteiger charge is 2.26. The molecule has 0 aliphatic heterocycles. The summed E-state index contributed by atoms with van der Waals surface area (Å²) in [5.41, 5.74) is 1.44. The van der Waals surface area contributed by atoms with Crippen LogP contribution in [0, 0.1) is 11.8 Å². The van der Waals surface area contributed by atoms with Crippen LogP contribution < -0.4 is 5.32 Å². The minimum absolute atomic E-state index is 0.764. The van der Waals surface area contributed by atoms with E-state index in [1.54, 1.807) is 7.11 Å². The first-order valence-corrected chi connectivity index (χ1v) is 8.03. The van der Waals surface area contributed by atoms with Gasteiger partial charge < -0.3 is 10.1 Å². The van der Waals surface area contributed by atoms with Crippen molar-refractivity contribution in [2.75, 3.05) is 26.8 Å². The van der Waals surface area contributed by atoms with E-state index >= 15 is 0 Å². The van der Waals surface area contributed by atoms with Crippen LogP contribution in [0.2, 0.25) is 0 Å². The molecule has 0 heterocycles. The molecule has 1 fully saturated rings. The second-order valence-corrected chi connectivity index (χ2v) is 6.40. The lowest BCUT2D eigenvalue weighted by molar-refractivity contribution is 0.178. The molecule has 1 aromatic rings. The quantitative estimate of drug-likeness (QED) is 0.737. The first-order chi connectivity index (χ1) is 9.29. The van der Waals surface area contributed by atoms with E-state index in [9.17, 15) is 0 Å². The van der Waals surface area contributed by atoms with Gasteiger partial charge in [-0.1, -0.05) is 47.3 Å². The van der Waals surface area contributed by atoms with E-state index in [1.165, 1.54) is 35.7 Å². The van der Waals surface area contributed by atoms with Gasteiger partial charge >= 0.3 is 0 Å². The molecule has 1 saturated carbocycles. The lowest BCUT2D eigenvalue weighted by atomic mass is 9.73. The Morgan fingerprint density at radius 3 is 2.89 bits per heavy atom. The van der Waals surface area contributed by atoms with Crippen molar-refractivity contribution < 1.29 is 4.74 Å². The van der Waals surface area contributed by atoms with Crippen LogP contribution in [0.15, 0.2) is 28.7 Å². The molecular weight excluding hydrogens is 302 g/mol. The fourth-order valence-electron chi connectivity index (χ4n) is 2.75. The van der Waals surface area contributed by atoms with E-state index in [-0.39, 0.29) is 0 Å². The van der Waals surface area contributed by atoms with Crippen molar-refractivity contribution in [3.8, 4) is 0 Å². The maximum atomic E-state index is 5.09. The summed E-state index contributed by atoms with van der Waals surface area (Å²) in [5, 5.41) is 3.53. The molecule has 19 heavy (non-hydrogen) atoms. The van der Waals surface area contributed by atoms with Gasteiger partial charge in [0.15, 0.2) is 0 Å². The molecular formula is C16H24BrNO. The molecule has 0 bridgehead atoms. The van der Waals surface area contributed by atoms with Crippen molar-refractivity contribution in [2.45, 2.75) is 25.7 Å². The minimum Gasteiger partial charge on any atom is -0.383 e. The highest BCUT2D eigenvalue weighted by Crippen LogP contribution is 2.35. The Balaban J connectivity index is 1.86. The van der Waals surface area contributed by atoms with Gasteiger partial charge in [0, 0.05) is 18.1 Å². The number of halogens is 1. The molecule has 1 aromatic carbocycles. The van der Waals surface area contributed by atoms with Gasteiger partial charge in [-0.05, 0) is 42.5 Å². The number of nitrogens with one attached hydrogen (secondary N) is 1. The van der Waals surface area contributed by atoms with E-state index in [0.717, 1.165) is 31.5 Å². The molecule has 0 amide bonds. The highest BCUT2D eigenvalue weighted by molar-refractivity contribution is 9.10. The van der Waals surface area contributed by atoms with Crippen molar-refractivity contribution in [2.24, 2.45) is 11.8 Å². The van der Waals surface area contributed by atoms with Gasteiger partial charge in [0.25, 0.3) is 0 Å². The molecule has 0 saturated heterocycles. The first kappa shape index (κ1) is 15.0. The molecule has 0 radical (unpaired) electrons. The Labute approximate surface area is 125 Å². The van der Waals surface area contributed by atoms with Gasteiger partial charge in [-0.3, -0.25) is 0 Å². The molecule has 1 unspecified atom stereocenters. The van der Waals surface area contributed by atoms with Crippen LogP contribution in [0.3, 0.4) is 0 Å². The van der Waals surface area contributed by atoms with Crippen LogP contribution in [0.4, 0.5) is 0 Å². The van der Waals surface area contributed by atoms with E-state index in [1.807, 2.05) is 0 Å². The summed E-state index contributed by atoms with van der Waals surface area (Å²) in [6.07, 6.45) is 5.41. The fourth-order valence-corrected chi connectivity index (χ4v) is 3.19. The molecule has 0 spiro atoms. The second-order valence-electron chi connectivity index (χ2n) is 5.48. The Morgan fingerprint density at radius 2 is 2.26 bits per heavy atom. The molecule has 1 atom stereocenters. The number of hydrogen-bond donors (Lipinski definition) is 1. The second kappa shape index (κ2) is 8.03. The molecule has 1 aliphatic rings. The predicted molar refractivity (Wildman–Crippen MR) is 83.4 cm³/mol. The largest absolute Gasteiger partial charge is 0.383 e. The smallest absolute Gasteiger partial charge is 0.0587 e. The summed E-state index contributed by atoms with van der Waals surface area (Å²) >= 11 is 3.56. The average molecular weight is 326 g/mol. The molecule has 106 valence electrons. The zero-order valence-electron chi connectivity index (χ0n) is 11.7. The zero-order valence-corrected chi connectivity index (χ0v) is 13.3. The van der Waals surface area contributed by atoms with Crippen LogP contribution in [-0.2, 0) is 11.2 Å². The van der Waals surface area contributed by atoms with E-state index in [0.29, 0.717) is 0 Å². The monoisotopic (exact) mass is 325 g/mol. The van der Waals surface area contributed by atoms with E-state index in [2.05, 4.69) is 45.5 Å². The molecule has 3 heteroatoms. The lowest BCUT2D eigenvalue weighted by Crippen LogP contribution is -2.34. The Hall–Kier alpha value is -0.380. The third-order valence-electron chi connectivity index (χ3n) is 4.09. The molecule has 1 aliphatic carbocycles. The van der Waals surface area contributed by atoms with Crippen molar-refractivity contribution in [1.29, 1.82) is 0 Å². The molecule has 1 N–H and O–H groups in total. The van der Waals surface area contributed by atoms with Crippen molar-refractivity contribution in [1.82, 2.24) is 5.32 Å². The standard InChI is InChI=1S/C16H24BrNO/c1-19-9-8-18-12-15(14-5-3-6-14)10-13-4-2-7-16(17)11-13/h2,4,7,11,14-15,18H,3,5-6,8-10,12H2,1H3. The minimum atomic E-state index is 0.764. The van der Waals surface area contributed by atoms with Gasteiger partial charge in [0.2, 0.25) is 0 Å². The van der Waals surface area contributed by atoms with Crippen molar-refractivity contribution >= 4 is 15.9 Å². The molecule has 0 aromatic heterocycles. The maximum Gasteiger partial charge on any atom is 0.0587 e. The third-order valence-corrected chi connectivity index (χ3v) is 4.59. The van der Waals surface area contributed by atoms with E-state index in [4.69, 9.17) is 4.74 Å². The molecule has 2 nitrogen and oxygen atoms in total. The van der Waals surface area contributed by atoms with Crippen LogP contribution >= 0.6 is 15.9 Å². The van der Waals surface area contributed by atoms with Gasteiger partial charge in [0.05, 0.1) is 6.61 Å². The van der Waals surface area contributed by atoms with Crippen molar-refractivity contribution in [3.05, 3.63) is 34.3 Å². The van der Waals surface area contributed by atoms with Crippen molar-refractivity contribution in [3.63, 3.8) is 0 Å². The van der Waals surface area contributed by atoms with Gasteiger partial charge in [-0.25, -0.2) is 0 Å². The highest BCUT2D eigenvalue weighted by atomic mass is 79.9. The van der Waals surface area contributed by atoms with Gasteiger partial charge in [-0.15, -0.1) is 0 Å². The third kappa shape index (κ3) is 4.90. The first-order valence-electron chi connectivity index (χ1n) is 7.23. The van der Waals surface area contributed by atoms with Crippen LogP contribution in [0.25, 0.3) is 0 Å². The number of rotatable bonds is 8. The zero-order chi connectivity index (χ0) is 13.5. The summed E-state index contributed by atoms with van der Waals surface area (Å²) in [6, 6.07) is 8.72.